The zero-order valence-electron chi connectivity index (χ0n) is 15.0. The van der Waals surface area contributed by atoms with E-state index in [1.54, 1.807) is 27.7 Å². The second-order valence-electron chi connectivity index (χ2n) is 5.11. The topological polar surface area (TPSA) is 115 Å². The van der Waals surface area contributed by atoms with Crippen molar-refractivity contribution >= 4 is 18.0 Å². The molecule has 2 N–H and O–H groups in total. The largest absolute Gasteiger partial charge is 0.677 e. The van der Waals surface area contributed by atoms with E-state index in [4.69, 9.17) is 10.5 Å². The zero-order chi connectivity index (χ0) is 17.6. The molecule has 0 radical (unpaired) electrons. The molecule has 0 aromatic heterocycles. The van der Waals surface area contributed by atoms with Gasteiger partial charge in [0.25, 0.3) is 0 Å². The average molecular weight is 600 g/mol. The summed E-state index contributed by atoms with van der Waals surface area (Å²) in [4.78, 5) is 31.9. The van der Waals surface area contributed by atoms with E-state index in [0.717, 1.165) is 0 Å². The number of esters is 2. The molecule has 0 saturated carbocycles. The standard InChI is InChI=1S/C8H15NO4.C6H12NO2.2Ce/c1-8(2,3)13-7(11)9-5-6(10)12-4;1-2-6(8)9-5-3-4-7;;/h5H2,1-4H3,(H,9,11);7H,2-5H2,1H3;;/q;-1;;. The van der Waals surface area contributed by atoms with Crippen LogP contribution in [0, 0.1) is 83.5 Å². The van der Waals surface area contributed by atoms with Crippen LogP contribution in [0.5, 0.6) is 0 Å². The van der Waals surface area contributed by atoms with Crippen molar-refractivity contribution in [2.24, 2.45) is 0 Å². The van der Waals surface area contributed by atoms with Gasteiger partial charge >= 0.3 is 18.0 Å². The fourth-order valence-electron chi connectivity index (χ4n) is 0.891. The van der Waals surface area contributed by atoms with Crippen LogP contribution in [0.25, 0.3) is 5.73 Å². The third-order valence-electron chi connectivity index (χ3n) is 1.88. The SMILES string of the molecule is CCC(=O)OCCC[NH-].COC(=O)CNC(=O)OC(C)(C)C.[Ce].[Ce]. The van der Waals surface area contributed by atoms with Crippen LogP contribution in [-0.4, -0.2) is 50.4 Å². The summed E-state index contributed by atoms with van der Waals surface area (Å²) in [5, 5.41) is 2.25. The quantitative estimate of drug-likeness (QED) is 0.284. The van der Waals surface area contributed by atoms with Crippen LogP contribution >= 0.6 is 0 Å². The fourth-order valence-corrected chi connectivity index (χ4v) is 0.891. The fraction of sp³-hybridized carbons (Fsp3) is 0.786. The Morgan fingerprint density at radius 2 is 1.62 bits per heavy atom. The molecule has 0 aliphatic rings. The molecule has 0 aromatic carbocycles. The number of ether oxygens (including phenoxy) is 3. The van der Waals surface area contributed by atoms with Gasteiger partial charge in [0.2, 0.25) is 0 Å². The smallest absolute Gasteiger partial charge is 0.408 e. The second kappa shape index (κ2) is 20.2. The Kier molecular flexibility index (Phi) is 27.5. The molecule has 138 valence electrons. The van der Waals surface area contributed by atoms with Crippen LogP contribution in [0.2, 0.25) is 0 Å². The van der Waals surface area contributed by atoms with Gasteiger partial charge in [-0.05, 0) is 27.2 Å². The van der Waals surface area contributed by atoms with Gasteiger partial charge in [0.05, 0.1) is 13.7 Å². The molecular weight excluding hydrogens is 572 g/mol. The Balaban J connectivity index is -0.000000162. The van der Waals surface area contributed by atoms with Gasteiger partial charge in [-0.25, -0.2) is 4.79 Å². The van der Waals surface area contributed by atoms with Crippen LogP contribution in [0.1, 0.15) is 40.5 Å². The molecule has 0 aromatic rings. The minimum Gasteiger partial charge on any atom is -0.677 e. The molecule has 0 aliphatic heterocycles. The molecular formula is C14H27Ce2N2O6-. The number of nitrogens with one attached hydrogen (secondary N) is 2. The maximum atomic E-state index is 10.9. The van der Waals surface area contributed by atoms with Crippen molar-refractivity contribution in [2.75, 3.05) is 26.8 Å². The normalized spacial score (nSPS) is 9.08. The van der Waals surface area contributed by atoms with Crippen molar-refractivity contribution in [1.29, 1.82) is 0 Å². The molecule has 0 aliphatic carbocycles. The number of carbonyl (C=O) groups is 3. The predicted molar refractivity (Wildman–Crippen MR) is 81.3 cm³/mol. The molecule has 0 spiro atoms. The summed E-state index contributed by atoms with van der Waals surface area (Å²) < 4.78 is 13.9. The summed E-state index contributed by atoms with van der Waals surface area (Å²) in [6.07, 6.45) is 0.446. The molecule has 0 unspecified atom stereocenters. The maximum Gasteiger partial charge on any atom is 0.408 e. The Morgan fingerprint density at radius 1 is 1.08 bits per heavy atom. The summed E-state index contributed by atoms with van der Waals surface area (Å²) in [5.74, 6) is -0.686. The van der Waals surface area contributed by atoms with Gasteiger partial charge in [-0.2, -0.15) is 0 Å². The minimum atomic E-state index is -0.627. The molecule has 0 atom stereocenters. The first-order chi connectivity index (χ1) is 10.2. The van der Waals surface area contributed by atoms with E-state index >= 15 is 0 Å². The van der Waals surface area contributed by atoms with Gasteiger partial charge in [0, 0.05) is 89.9 Å². The van der Waals surface area contributed by atoms with Crippen molar-refractivity contribution in [1.82, 2.24) is 5.32 Å². The van der Waals surface area contributed by atoms with E-state index in [2.05, 4.69) is 14.8 Å². The number of alkyl carbamates (subject to hydrolysis) is 1. The van der Waals surface area contributed by atoms with Crippen LogP contribution in [-0.2, 0) is 23.8 Å². The molecule has 8 nitrogen and oxygen atoms in total. The van der Waals surface area contributed by atoms with Gasteiger partial charge in [-0.1, -0.05) is 6.92 Å². The number of amides is 1. The zero-order valence-corrected chi connectivity index (χ0v) is 21.3. The number of hydrogen-bond donors (Lipinski definition) is 1. The van der Waals surface area contributed by atoms with Crippen LogP contribution in [0.3, 0.4) is 0 Å². The first kappa shape index (κ1) is 32.6. The molecule has 0 heterocycles. The second-order valence-corrected chi connectivity index (χ2v) is 5.11. The van der Waals surface area contributed by atoms with Gasteiger partial charge in [0.1, 0.15) is 12.1 Å². The summed E-state index contributed by atoms with van der Waals surface area (Å²) >= 11 is 0. The number of hydrogen-bond acceptors (Lipinski definition) is 6. The number of methoxy groups -OCH3 is 1. The van der Waals surface area contributed by atoms with Crippen molar-refractivity contribution in [3.63, 3.8) is 0 Å². The van der Waals surface area contributed by atoms with E-state index in [1.165, 1.54) is 7.11 Å². The molecule has 24 heavy (non-hydrogen) atoms. The van der Waals surface area contributed by atoms with Crippen molar-refractivity contribution in [2.45, 2.75) is 46.1 Å². The summed E-state index contributed by atoms with van der Waals surface area (Å²) in [7, 11) is 1.25. The first-order valence-electron chi connectivity index (χ1n) is 7.00. The van der Waals surface area contributed by atoms with E-state index in [1.807, 2.05) is 0 Å². The van der Waals surface area contributed by atoms with Gasteiger partial charge < -0.3 is 25.3 Å². The van der Waals surface area contributed by atoms with E-state index in [0.29, 0.717) is 26.0 Å². The molecule has 0 fully saturated rings. The van der Waals surface area contributed by atoms with Crippen molar-refractivity contribution in [3.8, 4) is 0 Å². The summed E-state index contributed by atoms with van der Waals surface area (Å²) in [6, 6.07) is 0. The molecule has 0 bridgehead atoms. The van der Waals surface area contributed by atoms with Crippen LogP contribution in [0.15, 0.2) is 0 Å². The Labute approximate surface area is 211 Å². The number of carbonyl (C=O) groups excluding carboxylic acids is 3. The van der Waals surface area contributed by atoms with E-state index < -0.39 is 17.7 Å². The monoisotopic (exact) mass is 599 g/mol. The van der Waals surface area contributed by atoms with Crippen LogP contribution in [0.4, 0.5) is 4.79 Å². The minimum absolute atomic E-state index is 0. The van der Waals surface area contributed by atoms with E-state index in [-0.39, 0.29) is 96.0 Å². The van der Waals surface area contributed by atoms with Gasteiger partial charge in [-0.15, -0.1) is 6.54 Å². The van der Waals surface area contributed by atoms with Crippen molar-refractivity contribution in [3.05, 3.63) is 5.73 Å². The summed E-state index contributed by atoms with van der Waals surface area (Å²) in [6.45, 7) is 7.53. The maximum absolute atomic E-state index is 10.9. The van der Waals surface area contributed by atoms with Crippen molar-refractivity contribution < 1.29 is 112 Å². The third kappa shape index (κ3) is 27.8. The molecule has 0 saturated heterocycles. The average Bonchev–Trinajstić information content (AvgIpc) is 2.43. The molecule has 1 amide bonds. The molecule has 10 heteroatoms. The number of rotatable bonds is 6. The third-order valence-corrected chi connectivity index (χ3v) is 1.88. The predicted octanol–water partition coefficient (Wildman–Crippen LogP) is 2.07. The van der Waals surface area contributed by atoms with Gasteiger partial charge in [-0.3, -0.25) is 9.59 Å². The Morgan fingerprint density at radius 3 is 2.00 bits per heavy atom. The van der Waals surface area contributed by atoms with E-state index in [9.17, 15) is 14.4 Å². The van der Waals surface area contributed by atoms with Crippen LogP contribution < -0.4 is 5.32 Å². The Hall–Kier alpha value is 0.923. The molecule has 0 rings (SSSR count). The summed E-state index contributed by atoms with van der Waals surface area (Å²) in [5.41, 5.74) is 6.16. The Bertz CT molecular complexity index is 349. The first-order valence-corrected chi connectivity index (χ1v) is 7.00. The van der Waals surface area contributed by atoms with Gasteiger partial charge in [0.15, 0.2) is 0 Å².